The molecule has 1 aromatic heterocycles. The average molecular weight is 150 g/mol. The highest BCUT2D eigenvalue weighted by molar-refractivity contribution is 5.38. The first-order valence-electron chi connectivity index (χ1n) is 4.07. The fourth-order valence-electron chi connectivity index (χ4n) is 1.83. The van der Waals surface area contributed by atoms with E-state index < -0.39 is 0 Å². The van der Waals surface area contributed by atoms with Crippen LogP contribution in [0.3, 0.4) is 0 Å². The van der Waals surface area contributed by atoms with Crippen LogP contribution in [0.25, 0.3) is 0 Å². The van der Waals surface area contributed by atoms with E-state index in [1.54, 1.807) is 0 Å². The van der Waals surface area contributed by atoms with Crippen LogP contribution in [0, 0.1) is 6.92 Å². The molecule has 0 atom stereocenters. The van der Waals surface area contributed by atoms with Gasteiger partial charge in [-0.15, -0.1) is 0 Å². The molecule has 0 spiro atoms. The summed E-state index contributed by atoms with van der Waals surface area (Å²) in [5.74, 6) is 0. The molecule has 2 heteroatoms. The Morgan fingerprint density at radius 3 is 2.27 bits per heavy atom. The second kappa shape index (κ2) is 1.68. The Balaban J connectivity index is 2.54. The monoisotopic (exact) mass is 150 g/mol. The molecule has 0 saturated heterocycles. The van der Waals surface area contributed by atoms with Crippen molar-refractivity contribution in [1.82, 2.24) is 9.78 Å². The Labute approximate surface area is 67.2 Å². The fourth-order valence-corrected chi connectivity index (χ4v) is 1.83. The lowest BCUT2D eigenvalue weighted by molar-refractivity contribution is 0.583. The van der Waals surface area contributed by atoms with Gasteiger partial charge in [0.25, 0.3) is 0 Å². The van der Waals surface area contributed by atoms with Crippen molar-refractivity contribution in [3.05, 3.63) is 17.0 Å². The third-order valence-corrected chi connectivity index (χ3v) is 2.18. The van der Waals surface area contributed by atoms with Crippen LogP contribution < -0.4 is 0 Å². The Hall–Kier alpha value is -0.790. The number of fused-ring (bicyclic) bond motifs is 1. The van der Waals surface area contributed by atoms with E-state index in [9.17, 15) is 0 Å². The average Bonchev–Trinajstić information content (AvgIpc) is 2.38. The van der Waals surface area contributed by atoms with Crippen LogP contribution in [0.1, 0.15) is 37.7 Å². The van der Waals surface area contributed by atoms with Gasteiger partial charge < -0.3 is 0 Å². The lowest BCUT2D eigenvalue weighted by Crippen LogP contribution is -2.12. The van der Waals surface area contributed by atoms with Crippen LogP contribution in [0.15, 0.2) is 0 Å². The van der Waals surface area contributed by atoms with Gasteiger partial charge in [0.05, 0.1) is 17.9 Å². The molecule has 0 aromatic carbocycles. The van der Waals surface area contributed by atoms with Crippen LogP contribution in [0.2, 0.25) is 0 Å². The summed E-state index contributed by atoms with van der Waals surface area (Å²) in [4.78, 5) is 0. The van der Waals surface area contributed by atoms with E-state index in [4.69, 9.17) is 0 Å². The summed E-state index contributed by atoms with van der Waals surface area (Å²) in [7, 11) is 0. The second-order valence-corrected chi connectivity index (χ2v) is 4.31. The molecule has 0 radical (unpaired) electrons. The molecule has 0 saturated carbocycles. The molecule has 0 bridgehead atoms. The molecular weight excluding hydrogens is 136 g/mol. The van der Waals surface area contributed by atoms with E-state index in [2.05, 4.69) is 37.5 Å². The summed E-state index contributed by atoms with van der Waals surface area (Å²) in [5.41, 5.74) is 4.38. The van der Waals surface area contributed by atoms with Crippen LogP contribution in [0.4, 0.5) is 0 Å². The molecule has 1 aliphatic rings. The van der Waals surface area contributed by atoms with Crippen molar-refractivity contribution >= 4 is 0 Å². The van der Waals surface area contributed by atoms with Crippen molar-refractivity contribution in [3.63, 3.8) is 0 Å². The van der Waals surface area contributed by atoms with Crippen LogP contribution in [-0.2, 0) is 12.0 Å². The van der Waals surface area contributed by atoms with Gasteiger partial charge in [0.15, 0.2) is 0 Å². The highest BCUT2D eigenvalue weighted by atomic mass is 15.4. The Morgan fingerprint density at radius 2 is 2.00 bits per heavy atom. The van der Waals surface area contributed by atoms with Gasteiger partial charge in [0.2, 0.25) is 0 Å². The third kappa shape index (κ3) is 0.889. The minimum absolute atomic E-state index is 0.272. The molecule has 0 fully saturated rings. The molecule has 0 amide bonds. The summed E-state index contributed by atoms with van der Waals surface area (Å²) < 4.78 is 2.08. The third-order valence-electron chi connectivity index (χ3n) is 2.18. The summed E-state index contributed by atoms with van der Waals surface area (Å²) in [6, 6.07) is 0. The molecule has 11 heavy (non-hydrogen) atoms. The molecular formula is C9H14N2. The van der Waals surface area contributed by atoms with Crippen LogP contribution in [0.5, 0.6) is 0 Å². The zero-order valence-corrected chi connectivity index (χ0v) is 7.60. The smallest absolute Gasteiger partial charge is 0.0835 e. The minimum Gasteiger partial charge on any atom is -0.261 e. The molecule has 0 unspecified atom stereocenters. The minimum atomic E-state index is 0.272. The lowest BCUT2D eigenvalue weighted by Gasteiger charge is -2.17. The standard InChI is InChI=1S/C9H14N2/c1-6-8(9(2,3)4)7-5-11(7)10-6/h5H2,1-4H3. The van der Waals surface area contributed by atoms with Crippen molar-refractivity contribution < 1.29 is 0 Å². The van der Waals surface area contributed by atoms with Crippen LogP contribution >= 0.6 is 0 Å². The van der Waals surface area contributed by atoms with Crippen molar-refractivity contribution in [3.8, 4) is 0 Å². The zero-order valence-electron chi connectivity index (χ0n) is 7.60. The predicted molar refractivity (Wildman–Crippen MR) is 44.8 cm³/mol. The van der Waals surface area contributed by atoms with Gasteiger partial charge in [-0.2, -0.15) is 5.10 Å². The molecule has 2 nitrogen and oxygen atoms in total. The van der Waals surface area contributed by atoms with Crippen molar-refractivity contribution in [2.24, 2.45) is 0 Å². The first-order chi connectivity index (χ1) is 5.00. The number of hydrogen-bond donors (Lipinski definition) is 0. The number of aromatic nitrogens is 2. The molecule has 0 N–H and O–H groups in total. The molecule has 1 aromatic rings. The molecule has 1 aliphatic heterocycles. The van der Waals surface area contributed by atoms with E-state index in [-0.39, 0.29) is 5.41 Å². The highest BCUT2D eigenvalue weighted by Gasteiger charge is 2.32. The first kappa shape index (κ1) is 6.89. The number of nitrogens with zero attached hydrogens (tertiary/aromatic N) is 2. The second-order valence-electron chi connectivity index (χ2n) is 4.31. The van der Waals surface area contributed by atoms with Crippen molar-refractivity contribution in [1.29, 1.82) is 0 Å². The summed E-state index contributed by atoms with van der Waals surface area (Å²) in [6.45, 7) is 9.91. The maximum atomic E-state index is 4.39. The van der Waals surface area contributed by atoms with Gasteiger partial charge in [0.1, 0.15) is 0 Å². The first-order valence-corrected chi connectivity index (χ1v) is 4.07. The molecule has 0 aliphatic carbocycles. The summed E-state index contributed by atoms with van der Waals surface area (Å²) in [5, 5.41) is 4.39. The van der Waals surface area contributed by atoms with Gasteiger partial charge in [0, 0.05) is 5.56 Å². The maximum Gasteiger partial charge on any atom is 0.0835 e. The maximum absolute atomic E-state index is 4.39. The van der Waals surface area contributed by atoms with Gasteiger partial charge in [-0.1, -0.05) is 20.8 Å². The van der Waals surface area contributed by atoms with E-state index in [0.717, 1.165) is 6.54 Å². The Morgan fingerprint density at radius 1 is 1.36 bits per heavy atom. The van der Waals surface area contributed by atoms with E-state index in [0.29, 0.717) is 0 Å². The summed E-state index contributed by atoms with van der Waals surface area (Å²) in [6.07, 6.45) is 0. The normalized spacial score (nSPS) is 14.9. The van der Waals surface area contributed by atoms with Gasteiger partial charge >= 0.3 is 0 Å². The Kier molecular flexibility index (Phi) is 1.05. The number of hydrogen-bond acceptors (Lipinski definition) is 1. The fraction of sp³-hybridized carbons (Fsp3) is 0.667. The molecule has 2 rings (SSSR count). The largest absolute Gasteiger partial charge is 0.261 e. The van der Waals surface area contributed by atoms with Crippen molar-refractivity contribution in [2.75, 3.05) is 0 Å². The van der Waals surface area contributed by atoms with Crippen molar-refractivity contribution in [2.45, 2.75) is 39.7 Å². The quantitative estimate of drug-likeness (QED) is 0.560. The summed E-state index contributed by atoms with van der Waals surface area (Å²) >= 11 is 0. The van der Waals surface area contributed by atoms with Gasteiger partial charge in [-0.05, 0) is 12.3 Å². The Bertz CT molecular complexity index is 298. The van der Waals surface area contributed by atoms with E-state index in [1.807, 2.05) is 0 Å². The van der Waals surface area contributed by atoms with Gasteiger partial charge in [-0.25, -0.2) is 0 Å². The van der Waals surface area contributed by atoms with E-state index in [1.165, 1.54) is 17.0 Å². The zero-order chi connectivity index (χ0) is 8.22. The lowest BCUT2D eigenvalue weighted by atomic mass is 9.86. The highest BCUT2D eigenvalue weighted by Crippen LogP contribution is 2.34. The molecule has 60 valence electrons. The van der Waals surface area contributed by atoms with E-state index >= 15 is 0 Å². The molecule has 2 heterocycles. The SMILES string of the molecule is Cc1nn2c(c1C(C)(C)C)C2. The van der Waals surface area contributed by atoms with Crippen LogP contribution in [-0.4, -0.2) is 9.78 Å². The predicted octanol–water partition coefficient (Wildman–Crippen LogP) is 1.85. The van der Waals surface area contributed by atoms with Gasteiger partial charge in [-0.3, -0.25) is 4.68 Å². The topological polar surface area (TPSA) is 17.8 Å². The number of aryl methyl sites for hydroxylation is 1. The number of rotatable bonds is 0.